The summed E-state index contributed by atoms with van der Waals surface area (Å²) in [7, 11) is 1.58. The molecule has 0 radical (unpaired) electrons. The van der Waals surface area contributed by atoms with Gasteiger partial charge in [0.2, 0.25) is 17.7 Å². The molecular weight excluding hydrogens is 510 g/mol. The number of amides is 4. The van der Waals surface area contributed by atoms with Crippen molar-refractivity contribution in [1.82, 2.24) is 20.9 Å². The van der Waals surface area contributed by atoms with E-state index in [0.717, 1.165) is 0 Å². The number of ketones is 1. The van der Waals surface area contributed by atoms with Crippen molar-refractivity contribution in [3.8, 4) is 0 Å². The van der Waals surface area contributed by atoms with E-state index < -0.39 is 30.0 Å². The lowest BCUT2D eigenvalue weighted by atomic mass is 9.86. The van der Waals surface area contributed by atoms with Gasteiger partial charge >= 0.3 is 6.09 Å². The maximum Gasteiger partial charge on any atom is 0.407 e. The van der Waals surface area contributed by atoms with Gasteiger partial charge in [0.1, 0.15) is 11.8 Å². The molecule has 3 atom stereocenters. The number of rotatable bonds is 19. The van der Waals surface area contributed by atoms with Crippen LogP contribution in [0.15, 0.2) is 0 Å². The van der Waals surface area contributed by atoms with Crippen LogP contribution in [0.3, 0.4) is 0 Å². The van der Waals surface area contributed by atoms with Crippen LogP contribution in [0.2, 0.25) is 0 Å². The van der Waals surface area contributed by atoms with Crippen LogP contribution < -0.4 is 16.0 Å². The van der Waals surface area contributed by atoms with E-state index in [2.05, 4.69) is 21.1 Å². The van der Waals surface area contributed by atoms with E-state index in [1.165, 1.54) is 11.8 Å². The molecule has 1 saturated heterocycles. The van der Waals surface area contributed by atoms with Gasteiger partial charge in [-0.2, -0.15) is 0 Å². The average molecular weight is 557 g/mol. The molecule has 0 spiro atoms. The quantitative estimate of drug-likeness (QED) is 0.115. The molecule has 0 saturated carbocycles. The van der Waals surface area contributed by atoms with Gasteiger partial charge < -0.3 is 40.8 Å². The minimum absolute atomic E-state index is 0.00944. The second-order valence-electron chi connectivity index (χ2n) is 9.81. The number of Topliss-reactive ketones (excluding diaryl/α,β-unsaturated/α-hetero) is 1. The van der Waals surface area contributed by atoms with Crippen LogP contribution in [0.25, 0.3) is 1.43 Å². The van der Waals surface area contributed by atoms with Gasteiger partial charge in [-0.05, 0) is 45.4 Å². The Bertz CT molecular complexity index is 859. The van der Waals surface area contributed by atoms with E-state index in [-0.39, 0.29) is 37.2 Å². The lowest BCUT2D eigenvalue weighted by Crippen LogP contribution is -2.55. The fourth-order valence-corrected chi connectivity index (χ4v) is 4.37. The zero-order chi connectivity index (χ0) is 29.9. The van der Waals surface area contributed by atoms with Gasteiger partial charge in [0, 0.05) is 51.8 Å². The van der Waals surface area contributed by atoms with Gasteiger partial charge in [-0.1, -0.05) is 6.42 Å². The molecule has 2 unspecified atom stereocenters. The van der Waals surface area contributed by atoms with E-state index in [1.807, 2.05) is 0 Å². The highest BCUT2D eigenvalue weighted by atomic mass is 16.5. The second kappa shape index (κ2) is 19.1. The molecule has 0 aromatic rings. The number of likely N-dealkylation sites (tertiary alicyclic amines) is 1. The first-order valence-electron chi connectivity index (χ1n) is 13.9. The molecular formula is C26H45N5O8. The summed E-state index contributed by atoms with van der Waals surface area (Å²) in [4.78, 5) is 62.9. The highest BCUT2D eigenvalue weighted by Crippen LogP contribution is 2.25. The van der Waals surface area contributed by atoms with E-state index >= 15 is 0 Å². The Morgan fingerprint density at radius 1 is 1.08 bits per heavy atom. The Balaban J connectivity index is 2.77. The Kier molecular flexibility index (Phi) is 15.7. The van der Waals surface area contributed by atoms with Crippen LogP contribution in [0.5, 0.6) is 0 Å². The second-order valence-corrected chi connectivity index (χ2v) is 9.81. The molecule has 1 aliphatic heterocycles. The normalized spacial score (nSPS) is 17.9. The minimum Gasteiger partial charge on any atom is -0.465 e. The average Bonchev–Trinajstić information content (AvgIpc) is 2.93. The lowest BCUT2D eigenvalue weighted by Gasteiger charge is -2.37. The molecule has 0 bridgehead atoms. The molecule has 5 N–H and O–H groups in total. The zero-order valence-corrected chi connectivity index (χ0v) is 23.3. The van der Waals surface area contributed by atoms with Crippen molar-refractivity contribution < 1.29 is 38.6 Å². The van der Waals surface area contributed by atoms with E-state index in [0.29, 0.717) is 76.9 Å². The first-order valence-corrected chi connectivity index (χ1v) is 13.5. The van der Waals surface area contributed by atoms with Crippen LogP contribution in [-0.4, -0.2) is 104 Å². The number of piperidine rings is 1. The zero-order valence-electron chi connectivity index (χ0n) is 24.3. The summed E-state index contributed by atoms with van der Waals surface area (Å²) < 4.78 is 17.4. The van der Waals surface area contributed by atoms with Crippen LogP contribution in [0, 0.1) is 11.3 Å². The third kappa shape index (κ3) is 14.6. The third-order valence-corrected chi connectivity index (χ3v) is 6.51. The number of carbonyl (C=O) groups excluding carboxylic acids is 4. The van der Waals surface area contributed by atoms with Gasteiger partial charge in [0.25, 0.3) is 1.43 Å². The molecule has 1 aliphatic rings. The van der Waals surface area contributed by atoms with Crippen LogP contribution >= 0.6 is 0 Å². The molecule has 0 aromatic heterocycles. The standard InChI is InChI=1S/C26H45N5O8/c1-18(27)7-4-5-8-22(30-24(34)17-28-19(2)32)25(35)29-16-21-15-20(10-11-31(21)26(36)37)23(33)9-6-12-39-14-13-38-3/h20-22,27H,4-17H2,1-3H3,(H,28,32)(H,29,35)(H,30,34)(H,36,37)/t20?,21?,22-/m0/s1/i/hD. The van der Waals surface area contributed by atoms with Crippen LogP contribution in [-0.2, 0) is 28.7 Å². The van der Waals surface area contributed by atoms with Gasteiger partial charge in [0.05, 0.1) is 25.8 Å². The topological polar surface area (TPSA) is 187 Å². The van der Waals surface area contributed by atoms with E-state index in [1.54, 1.807) is 14.0 Å². The predicted octanol–water partition coefficient (Wildman–Crippen LogP) is 1.09. The van der Waals surface area contributed by atoms with Crippen molar-refractivity contribution in [2.24, 2.45) is 5.92 Å². The summed E-state index contributed by atoms with van der Waals surface area (Å²) >= 11 is 0. The van der Waals surface area contributed by atoms with Crippen molar-refractivity contribution in [1.29, 1.82) is 6.84 Å². The smallest absolute Gasteiger partial charge is 0.407 e. The Morgan fingerprint density at radius 2 is 1.85 bits per heavy atom. The molecule has 1 heterocycles. The SMILES string of the molecule is [2H]OC(=O)N1CCC(C(=O)CCCOCCOC)CC1CNC(=O)[C@H](CCCCC(C)=N)NC(=O)CNC(C)=O. The minimum atomic E-state index is -0.886. The number of nitrogens with one attached hydrogen (secondary N) is 4. The first-order chi connectivity index (χ1) is 19.1. The number of ether oxygens (including phenoxy) is 2. The largest absolute Gasteiger partial charge is 0.465 e. The van der Waals surface area contributed by atoms with Crippen molar-refractivity contribution in [3.05, 3.63) is 0 Å². The van der Waals surface area contributed by atoms with Crippen molar-refractivity contribution in [2.75, 3.05) is 46.6 Å². The maximum atomic E-state index is 13.1. The number of methoxy groups -OCH3 is 1. The molecule has 0 aliphatic carbocycles. The lowest BCUT2D eigenvalue weighted by molar-refractivity contribution is -0.130. The summed E-state index contributed by atoms with van der Waals surface area (Å²) in [5, 5.41) is 19.5. The molecule has 13 nitrogen and oxygen atoms in total. The van der Waals surface area contributed by atoms with Gasteiger partial charge in [-0.25, -0.2) is 4.79 Å². The summed E-state index contributed by atoms with van der Waals surface area (Å²) in [6.07, 6.45) is 2.92. The fourth-order valence-electron chi connectivity index (χ4n) is 4.37. The number of hydrogen-bond donors (Lipinski definition) is 5. The summed E-state index contributed by atoms with van der Waals surface area (Å²) in [6.45, 7) is 4.30. The molecule has 1 rings (SSSR count). The number of nitrogens with zero attached hydrogens (tertiary/aromatic N) is 1. The van der Waals surface area contributed by atoms with E-state index in [9.17, 15) is 24.0 Å². The number of hydrogen-bond acceptors (Lipinski definition) is 9. The molecule has 0 aromatic carbocycles. The molecule has 13 heteroatoms. The Hall–Kier alpha value is -3.06. The summed E-state index contributed by atoms with van der Waals surface area (Å²) in [5.74, 6) is -1.63. The summed E-state index contributed by atoms with van der Waals surface area (Å²) in [5.41, 5.74) is 0.525. The molecule has 1 fully saturated rings. The predicted molar refractivity (Wildman–Crippen MR) is 144 cm³/mol. The summed E-state index contributed by atoms with van der Waals surface area (Å²) in [6, 6.07) is -1.46. The molecule has 4 amide bonds. The van der Waals surface area contributed by atoms with E-state index in [4.69, 9.17) is 16.3 Å². The fraction of sp³-hybridized carbons (Fsp3) is 0.769. The highest BCUT2D eigenvalue weighted by Gasteiger charge is 2.35. The van der Waals surface area contributed by atoms with Crippen LogP contribution in [0.1, 0.15) is 65.2 Å². The highest BCUT2D eigenvalue weighted by molar-refractivity contribution is 5.90. The number of carbonyl (C=O) groups is 5. The van der Waals surface area contributed by atoms with Gasteiger partial charge in [0.15, 0.2) is 0 Å². The number of carboxylic acid groups (broad SMARTS) is 1. The van der Waals surface area contributed by atoms with Crippen molar-refractivity contribution in [2.45, 2.75) is 77.3 Å². The van der Waals surface area contributed by atoms with Gasteiger partial charge in [-0.15, -0.1) is 0 Å². The molecule has 222 valence electrons. The van der Waals surface area contributed by atoms with Gasteiger partial charge in [-0.3, -0.25) is 19.2 Å². The maximum absolute atomic E-state index is 13.1. The Morgan fingerprint density at radius 3 is 2.51 bits per heavy atom. The van der Waals surface area contributed by atoms with Crippen molar-refractivity contribution >= 4 is 35.3 Å². The number of unbranched alkanes of at least 4 members (excludes halogenated alkanes) is 1. The van der Waals surface area contributed by atoms with Crippen LogP contribution in [0.4, 0.5) is 4.79 Å². The molecule has 39 heavy (non-hydrogen) atoms. The Labute approximate surface area is 231 Å². The third-order valence-electron chi connectivity index (χ3n) is 6.51. The van der Waals surface area contributed by atoms with Crippen molar-refractivity contribution in [3.63, 3.8) is 0 Å². The monoisotopic (exact) mass is 556 g/mol. The first kappa shape index (κ1) is 32.2.